The highest BCUT2D eigenvalue weighted by Gasteiger charge is 2.25. The lowest BCUT2D eigenvalue weighted by molar-refractivity contribution is -0.129. The minimum absolute atomic E-state index is 0.164. The standard InChI is InChI=1S/C22H17N3O3/c1-14-7-6-10-17(11-14)21-23-19(22(27)28-21)12-18-13-25(15(2)26)24-20(18)16-8-4-3-5-9-16/h3-13H,1-2H3/b19-12+. The Labute approximate surface area is 161 Å². The Kier molecular flexibility index (Phi) is 4.45. The SMILES string of the molecule is CC(=O)n1cc(/C=C2/N=C(c3cccc(C)c3)OC2=O)c(-c2ccccc2)n1. The first-order valence-electron chi connectivity index (χ1n) is 8.77. The van der Waals surface area contributed by atoms with Gasteiger partial charge in [0.15, 0.2) is 5.70 Å². The molecule has 0 amide bonds. The molecule has 0 atom stereocenters. The van der Waals surface area contributed by atoms with Crippen LogP contribution in [0.2, 0.25) is 0 Å². The summed E-state index contributed by atoms with van der Waals surface area (Å²) in [5.41, 5.74) is 3.99. The Hall–Kier alpha value is -3.80. The number of nitrogens with zero attached hydrogens (tertiary/aromatic N) is 3. The van der Waals surface area contributed by atoms with Crippen molar-refractivity contribution in [3.8, 4) is 11.3 Å². The second-order valence-electron chi connectivity index (χ2n) is 6.47. The molecule has 1 aromatic heterocycles. The van der Waals surface area contributed by atoms with E-state index in [4.69, 9.17) is 4.74 Å². The van der Waals surface area contributed by atoms with Crippen molar-refractivity contribution in [2.75, 3.05) is 0 Å². The first kappa shape index (κ1) is 17.6. The van der Waals surface area contributed by atoms with E-state index in [-0.39, 0.29) is 17.5 Å². The van der Waals surface area contributed by atoms with Crippen molar-refractivity contribution in [3.63, 3.8) is 0 Å². The van der Waals surface area contributed by atoms with Crippen molar-refractivity contribution in [2.45, 2.75) is 13.8 Å². The van der Waals surface area contributed by atoms with Crippen LogP contribution in [-0.2, 0) is 9.53 Å². The molecular weight excluding hydrogens is 354 g/mol. The van der Waals surface area contributed by atoms with E-state index in [1.807, 2.05) is 61.5 Å². The van der Waals surface area contributed by atoms with E-state index in [1.165, 1.54) is 11.6 Å². The summed E-state index contributed by atoms with van der Waals surface area (Å²) in [6, 6.07) is 17.0. The predicted octanol–water partition coefficient (Wildman–Crippen LogP) is 3.86. The third-order valence-corrected chi connectivity index (χ3v) is 4.29. The zero-order chi connectivity index (χ0) is 19.7. The molecule has 138 valence electrons. The van der Waals surface area contributed by atoms with Crippen LogP contribution in [0.15, 0.2) is 71.5 Å². The van der Waals surface area contributed by atoms with Gasteiger partial charge in [-0.2, -0.15) is 5.10 Å². The molecule has 2 aromatic carbocycles. The van der Waals surface area contributed by atoms with Crippen molar-refractivity contribution in [1.82, 2.24) is 9.78 Å². The zero-order valence-electron chi connectivity index (χ0n) is 15.4. The highest BCUT2D eigenvalue weighted by atomic mass is 16.6. The van der Waals surface area contributed by atoms with E-state index in [2.05, 4.69) is 10.1 Å². The molecule has 6 nitrogen and oxygen atoms in total. The minimum Gasteiger partial charge on any atom is -0.402 e. The predicted molar refractivity (Wildman–Crippen MR) is 106 cm³/mol. The highest BCUT2D eigenvalue weighted by Crippen LogP contribution is 2.26. The molecule has 0 fully saturated rings. The molecule has 28 heavy (non-hydrogen) atoms. The summed E-state index contributed by atoms with van der Waals surface area (Å²) in [6.07, 6.45) is 3.19. The third kappa shape index (κ3) is 3.40. The van der Waals surface area contributed by atoms with Crippen LogP contribution < -0.4 is 0 Å². The van der Waals surface area contributed by atoms with Crippen molar-refractivity contribution in [1.29, 1.82) is 0 Å². The second-order valence-corrected chi connectivity index (χ2v) is 6.47. The van der Waals surface area contributed by atoms with E-state index >= 15 is 0 Å². The number of esters is 1. The molecule has 0 radical (unpaired) electrons. The molecule has 0 saturated carbocycles. The first-order chi connectivity index (χ1) is 13.5. The minimum atomic E-state index is -0.536. The summed E-state index contributed by atoms with van der Waals surface area (Å²) in [6.45, 7) is 3.39. The number of aryl methyl sites for hydroxylation is 1. The summed E-state index contributed by atoms with van der Waals surface area (Å²) in [7, 11) is 0. The number of benzene rings is 2. The molecule has 3 aromatic rings. The fourth-order valence-electron chi connectivity index (χ4n) is 2.93. The van der Waals surface area contributed by atoms with Gasteiger partial charge in [-0.05, 0) is 25.1 Å². The Balaban J connectivity index is 1.78. The number of carbonyl (C=O) groups is 2. The van der Waals surface area contributed by atoms with E-state index < -0.39 is 5.97 Å². The maximum absolute atomic E-state index is 12.3. The number of hydrogen-bond acceptors (Lipinski definition) is 5. The Morgan fingerprint density at radius 3 is 2.54 bits per heavy atom. The van der Waals surface area contributed by atoms with Crippen LogP contribution in [-0.4, -0.2) is 27.6 Å². The zero-order valence-corrected chi connectivity index (χ0v) is 15.4. The smallest absolute Gasteiger partial charge is 0.363 e. The van der Waals surface area contributed by atoms with E-state index in [0.717, 1.165) is 16.7 Å². The van der Waals surface area contributed by atoms with Crippen LogP contribution in [0.4, 0.5) is 0 Å². The van der Waals surface area contributed by atoms with Gasteiger partial charge >= 0.3 is 5.97 Å². The molecule has 1 aliphatic heterocycles. The third-order valence-electron chi connectivity index (χ3n) is 4.29. The molecule has 0 spiro atoms. The lowest BCUT2D eigenvalue weighted by Crippen LogP contribution is -2.05. The number of cyclic esters (lactones) is 1. The molecule has 2 heterocycles. The van der Waals surface area contributed by atoms with Crippen molar-refractivity contribution in [2.24, 2.45) is 4.99 Å². The quantitative estimate of drug-likeness (QED) is 0.518. The normalized spacial score (nSPS) is 14.9. The summed E-state index contributed by atoms with van der Waals surface area (Å²) < 4.78 is 6.59. The second kappa shape index (κ2) is 7.08. The van der Waals surface area contributed by atoms with Crippen LogP contribution >= 0.6 is 0 Å². The molecule has 0 saturated heterocycles. The van der Waals surface area contributed by atoms with Gasteiger partial charge in [0.1, 0.15) is 5.69 Å². The van der Waals surface area contributed by atoms with Crippen LogP contribution in [0, 0.1) is 6.92 Å². The van der Waals surface area contributed by atoms with Gasteiger partial charge in [0.25, 0.3) is 0 Å². The first-order valence-corrected chi connectivity index (χ1v) is 8.77. The van der Waals surface area contributed by atoms with Gasteiger partial charge in [-0.15, -0.1) is 0 Å². The molecular formula is C22H17N3O3. The summed E-state index contributed by atoms with van der Waals surface area (Å²) in [4.78, 5) is 28.5. The van der Waals surface area contributed by atoms with Crippen LogP contribution in [0.25, 0.3) is 17.3 Å². The van der Waals surface area contributed by atoms with Gasteiger partial charge in [0.05, 0.1) is 0 Å². The van der Waals surface area contributed by atoms with Crippen molar-refractivity contribution in [3.05, 3.63) is 83.2 Å². The Bertz CT molecular complexity index is 1140. The fraction of sp³-hybridized carbons (Fsp3) is 0.0909. The summed E-state index contributed by atoms with van der Waals surface area (Å²) in [5.74, 6) is -0.494. The van der Waals surface area contributed by atoms with Crippen LogP contribution in [0.3, 0.4) is 0 Å². The van der Waals surface area contributed by atoms with Gasteiger partial charge in [0, 0.05) is 29.8 Å². The average Bonchev–Trinajstić information content (AvgIpc) is 3.27. The van der Waals surface area contributed by atoms with Gasteiger partial charge in [-0.1, -0.05) is 48.0 Å². The molecule has 0 aliphatic carbocycles. The Morgan fingerprint density at radius 2 is 1.82 bits per heavy atom. The maximum atomic E-state index is 12.3. The molecule has 1 aliphatic rings. The fourth-order valence-corrected chi connectivity index (χ4v) is 2.93. The molecule has 0 N–H and O–H groups in total. The molecule has 0 unspecified atom stereocenters. The molecule has 4 rings (SSSR count). The lowest BCUT2D eigenvalue weighted by Gasteiger charge is -1.99. The maximum Gasteiger partial charge on any atom is 0.363 e. The van der Waals surface area contributed by atoms with Gasteiger partial charge in [0.2, 0.25) is 11.8 Å². The van der Waals surface area contributed by atoms with E-state index in [9.17, 15) is 9.59 Å². The van der Waals surface area contributed by atoms with Crippen molar-refractivity contribution >= 4 is 23.9 Å². The number of hydrogen-bond donors (Lipinski definition) is 0. The van der Waals surface area contributed by atoms with E-state index in [0.29, 0.717) is 11.3 Å². The molecule has 0 bridgehead atoms. The summed E-state index contributed by atoms with van der Waals surface area (Å²) >= 11 is 0. The number of ether oxygens (including phenoxy) is 1. The Morgan fingerprint density at radius 1 is 1.07 bits per heavy atom. The summed E-state index contributed by atoms with van der Waals surface area (Å²) in [5, 5.41) is 4.36. The number of aliphatic imine (C=N–C) groups is 1. The monoisotopic (exact) mass is 371 g/mol. The van der Waals surface area contributed by atoms with Gasteiger partial charge in [-0.25, -0.2) is 14.5 Å². The lowest BCUT2D eigenvalue weighted by atomic mass is 10.1. The van der Waals surface area contributed by atoms with E-state index in [1.54, 1.807) is 12.3 Å². The molecule has 6 heteroatoms. The largest absolute Gasteiger partial charge is 0.402 e. The topological polar surface area (TPSA) is 73.6 Å². The number of aromatic nitrogens is 2. The van der Waals surface area contributed by atoms with Crippen molar-refractivity contribution < 1.29 is 14.3 Å². The van der Waals surface area contributed by atoms with Crippen LogP contribution in [0.1, 0.15) is 28.4 Å². The van der Waals surface area contributed by atoms with Gasteiger partial charge < -0.3 is 4.74 Å². The highest BCUT2D eigenvalue weighted by molar-refractivity contribution is 6.13. The number of carbonyl (C=O) groups excluding carboxylic acids is 2. The number of rotatable bonds is 3. The van der Waals surface area contributed by atoms with Crippen LogP contribution in [0.5, 0.6) is 0 Å². The van der Waals surface area contributed by atoms with Gasteiger partial charge in [-0.3, -0.25) is 4.79 Å². The average molecular weight is 371 g/mol.